The van der Waals surface area contributed by atoms with E-state index in [1.54, 1.807) is 13.0 Å². The monoisotopic (exact) mass is 224 g/mol. The first kappa shape index (κ1) is 12.4. The van der Waals surface area contributed by atoms with Crippen LogP contribution in [0.1, 0.15) is 19.5 Å². The van der Waals surface area contributed by atoms with Gasteiger partial charge in [-0.15, -0.1) is 0 Å². The molecule has 0 aromatic carbocycles. The molecule has 0 radical (unpaired) electrons. The number of nitrogens with two attached hydrogens (primary N) is 1. The smallest absolute Gasteiger partial charge is 0.311 e. The van der Waals surface area contributed by atoms with Crippen LogP contribution in [-0.2, 0) is 0 Å². The molecule has 0 aliphatic rings. The van der Waals surface area contributed by atoms with E-state index < -0.39 is 10.5 Å². The molecule has 0 aliphatic heterocycles. The van der Waals surface area contributed by atoms with Crippen LogP contribution in [-0.4, -0.2) is 22.0 Å². The number of pyridine rings is 1. The molecule has 6 heteroatoms. The molecule has 0 atom stereocenters. The molecule has 0 bridgehead atoms. The summed E-state index contributed by atoms with van der Waals surface area (Å²) in [7, 11) is 0. The SMILES string of the molecule is Cc1ccc([N+](=O)[O-])c(NCC(C)(C)N)n1. The number of rotatable bonds is 4. The Morgan fingerprint density at radius 1 is 1.56 bits per heavy atom. The Morgan fingerprint density at radius 3 is 2.69 bits per heavy atom. The molecule has 0 aliphatic carbocycles. The largest absolute Gasteiger partial charge is 0.363 e. The second-order valence-electron chi connectivity index (χ2n) is 4.42. The van der Waals surface area contributed by atoms with Crippen molar-refractivity contribution < 1.29 is 4.92 Å². The average molecular weight is 224 g/mol. The van der Waals surface area contributed by atoms with Gasteiger partial charge in [0.2, 0.25) is 5.82 Å². The predicted molar refractivity (Wildman–Crippen MR) is 62.4 cm³/mol. The van der Waals surface area contributed by atoms with Gasteiger partial charge in [-0.3, -0.25) is 10.1 Å². The molecule has 16 heavy (non-hydrogen) atoms. The van der Waals surface area contributed by atoms with E-state index in [2.05, 4.69) is 10.3 Å². The Kier molecular flexibility index (Phi) is 3.44. The van der Waals surface area contributed by atoms with Crippen LogP contribution in [0.4, 0.5) is 11.5 Å². The van der Waals surface area contributed by atoms with E-state index in [0.29, 0.717) is 6.54 Å². The van der Waals surface area contributed by atoms with E-state index >= 15 is 0 Å². The molecule has 0 spiro atoms. The highest BCUT2D eigenvalue weighted by atomic mass is 16.6. The topological polar surface area (TPSA) is 94.1 Å². The summed E-state index contributed by atoms with van der Waals surface area (Å²) < 4.78 is 0. The molecule has 0 unspecified atom stereocenters. The third kappa shape index (κ3) is 3.47. The summed E-state index contributed by atoms with van der Waals surface area (Å²) in [6.07, 6.45) is 0. The van der Waals surface area contributed by atoms with Gasteiger partial charge in [0.15, 0.2) is 0 Å². The molecule has 1 rings (SSSR count). The van der Waals surface area contributed by atoms with Gasteiger partial charge in [0, 0.05) is 23.8 Å². The summed E-state index contributed by atoms with van der Waals surface area (Å²) in [6, 6.07) is 3.05. The molecule has 0 fully saturated rings. The van der Waals surface area contributed by atoms with Gasteiger partial charge in [0.25, 0.3) is 0 Å². The Balaban J connectivity index is 2.93. The minimum atomic E-state index is -0.460. The van der Waals surface area contributed by atoms with Crippen molar-refractivity contribution in [1.82, 2.24) is 4.98 Å². The van der Waals surface area contributed by atoms with Crippen molar-refractivity contribution in [3.8, 4) is 0 Å². The highest BCUT2D eigenvalue weighted by molar-refractivity contribution is 5.56. The number of nitrogens with one attached hydrogen (secondary N) is 1. The first-order valence-corrected chi connectivity index (χ1v) is 4.94. The lowest BCUT2D eigenvalue weighted by Gasteiger charge is -2.19. The van der Waals surface area contributed by atoms with E-state index in [1.165, 1.54) is 6.07 Å². The standard InChI is InChI=1S/C10H16N4O2/c1-7-4-5-8(14(15)16)9(13-7)12-6-10(2,3)11/h4-5H,6,11H2,1-3H3,(H,12,13). The van der Waals surface area contributed by atoms with Crippen LogP contribution in [0.15, 0.2) is 12.1 Å². The molecule has 0 amide bonds. The van der Waals surface area contributed by atoms with Crippen molar-refractivity contribution in [3.05, 3.63) is 27.9 Å². The lowest BCUT2D eigenvalue weighted by Crippen LogP contribution is -2.39. The average Bonchev–Trinajstić information content (AvgIpc) is 2.13. The van der Waals surface area contributed by atoms with Crippen molar-refractivity contribution in [2.24, 2.45) is 5.73 Å². The number of aryl methyl sites for hydroxylation is 1. The molecule has 0 saturated heterocycles. The lowest BCUT2D eigenvalue weighted by atomic mass is 10.1. The van der Waals surface area contributed by atoms with Crippen LogP contribution in [0.5, 0.6) is 0 Å². The summed E-state index contributed by atoms with van der Waals surface area (Å²) >= 11 is 0. The summed E-state index contributed by atoms with van der Waals surface area (Å²) in [4.78, 5) is 14.4. The van der Waals surface area contributed by atoms with Gasteiger partial charge in [-0.25, -0.2) is 4.98 Å². The molecule has 1 aromatic heterocycles. The maximum atomic E-state index is 10.8. The number of hydrogen-bond donors (Lipinski definition) is 2. The minimum Gasteiger partial charge on any atom is -0.363 e. The van der Waals surface area contributed by atoms with E-state index in [0.717, 1.165) is 5.69 Å². The maximum absolute atomic E-state index is 10.8. The van der Waals surface area contributed by atoms with Crippen LogP contribution in [0.2, 0.25) is 0 Å². The van der Waals surface area contributed by atoms with Crippen LogP contribution < -0.4 is 11.1 Å². The Hall–Kier alpha value is -1.69. The number of aromatic nitrogens is 1. The molecular weight excluding hydrogens is 208 g/mol. The van der Waals surface area contributed by atoms with Gasteiger partial charge in [0.05, 0.1) is 4.92 Å². The van der Waals surface area contributed by atoms with Crippen LogP contribution in [0.3, 0.4) is 0 Å². The third-order valence-electron chi connectivity index (χ3n) is 1.92. The molecule has 1 aromatic rings. The maximum Gasteiger partial charge on any atom is 0.311 e. The van der Waals surface area contributed by atoms with Crippen molar-refractivity contribution >= 4 is 11.5 Å². The van der Waals surface area contributed by atoms with Gasteiger partial charge in [0.1, 0.15) is 0 Å². The van der Waals surface area contributed by atoms with Gasteiger partial charge in [-0.1, -0.05) is 0 Å². The van der Waals surface area contributed by atoms with E-state index in [9.17, 15) is 10.1 Å². The quantitative estimate of drug-likeness (QED) is 0.596. The van der Waals surface area contributed by atoms with Gasteiger partial charge < -0.3 is 11.1 Å². The van der Waals surface area contributed by atoms with Gasteiger partial charge in [-0.2, -0.15) is 0 Å². The molecule has 1 heterocycles. The first-order valence-electron chi connectivity index (χ1n) is 4.94. The highest BCUT2D eigenvalue weighted by Crippen LogP contribution is 2.22. The predicted octanol–water partition coefficient (Wildman–Crippen LogP) is 1.45. The number of hydrogen-bond acceptors (Lipinski definition) is 5. The lowest BCUT2D eigenvalue weighted by molar-refractivity contribution is -0.384. The van der Waals surface area contributed by atoms with Crippen molar-refractivity contribution in [2.75, 3.05) is 11.9 Å². The normalized spacial score (nSPS) is 11.2. The number of nitro groups is 1. The summed E-state index contributed by atoms with van der Waals surface area (Å²) in [6.45, 7) is 5.87. The summed E-state index contributed by atoms with van der Waals surface area (Å²) in [5.74, 6) is 0.267. The molecular formula is C10H16N4O2. The van der Waals surface area contributed by atoms with Crippen molar-refractivity contribution in [3.63, 3.8) is 0 Å². The van der Waals surface area contributed by atoms with Gasteiger partial charge in [-0.05, 0) is 26.8 Å². The molecule has 0 saturated carbocycles. The van der Waals surface area contributed by atoms with Crippen LogP contribution >= 0.6 is 0 Å². The summed E-state index contributed by atoms with van der Waals surface area (Å²) in [5.41, 5.74) is 6.03. The summed E-state index contributed by atoms with van der Waals surface area (Å²) in [5, 5.41) is 13.6. The fourth-order valence-electron chi connectivity index (χ4n) is 1.14. The highest BCUT2D eigenvalue weighted by Gasteiger charge is 2.17. The molecule has 88 valence electrons. The van der Waals surface area contributed by atoms with Crippen LogP contribution in [0.25, 0.3) is 0 Å². The molecule has 3 N–H and O–H groups in total. The van der Waals surface area contributed by atoms with Gasteiger partial charge >= 0.3 is 5.69 Å². The zero-order chi connectivity index (χ0) is 12.3. The third-order valence-corrected chi connectivity index (χ3v) is 1.92. The zero-order valence-electron chi connectivity index (χ0n) is 9.65. The Morgan fingerprint density at radius 2 is 2.19 bits per heavy atom. The number of nitrogens with zero attached hydrogens (tertiary/aromatic N) is 2. The fraction of sp³-hybridized carbons (Fsp3) is 0.500. The number of anilines is 1. The van der Waals surface area contributed by atoms with Crippen LogP contribution in [0, 0.1) is 17.0 Å². The second-order valence-corrected chi connectivity index (χ2v) is 4.42. The second kappa shape index (κ2) is 4.44. The van der Waals surface area contributed by atoms with Crippen molar-refractivity contribution in [1.29, 1.82) is 0 Å². The zero-order valence-corrected chi connectivity index (χ0v) is 9.65. The molecule has 6 nitrogen and oxygen atoms in total. The Bertz CT molecular complexity index is 398. The van der Waals surface area contributed by atoms with E-state index in [-0.39, 0.29) is 11.5 Å². The van der Waals surface area contributed by atoms with E-state index in [1.807, 2.05) is 13.8 Å². The fourth-order valence-corrected chi connectivity index (χ4v) is 1.14. The van der Waals surface area contributed by atoms with Crippen molar-refractivity contribution in [2.45, 2.75) is 26.3 Å². The minimum absolute atomic E-state index is 0.0325. The Labute approximate surface area is 94.0 Å². The van der Waals surface area contributed by atoms with E-state index in [4.69, 9.17) is 5.73 Å². The first-order chi connectivity index (χ1) is 7.29.